The van der Waals surface area contributed by atoms with Crippen molar-refractivity contribution in [3.63, 3.8) is 0 Å². The van der Waals surface area contributed by atoms with Crippen molar-refractivity contribution in [2.24, 2.45) is 17.6 Å². The second-order valence-electron chi connectivity index (χ2n) is 4.81. The molecule has 0 aromatic carbocycles. The van der Waals surface area contributed by atoms with E-state index in [1.54, 1.807) is 0 Å². The van der Waals surface area contributed by atoms with Crippen LogP contribution in [0.5, 0.6) is 0 Å². The highest BCUT2D eigenvalue weighted by Gasteiger charge is 2.32. The van der Waals surface area contributed by atoms with Crippen LogP contribution in [-0.2, 0) is 0 Å². The van der Waals surface area contributed by atoms with Crippen LogP contribution in [0.4, 0.5) is 0 Å². The highest BCUT2D eigenvalue weighted by atomic mass is 32.1. The first kappa shape index (κ1) is 13.1. The standard InChI is InChI=1S/C14H18N2OS/c1-9-6-11(9)8-16-14(17)13-7-10(2)12(18-13)4-3-5-15/h7,9,11H,5-6,8,15H2,1-2H3,(H,16,17). The van der Waals surface area contributed by atoms with Crippen LogP contribution in [0.15, 0.2) is 6.07 Å². The van der Waals surface area contributed by atoms with Crippen LogP contribution < -0.4 is 11.1 Å². The van der Waals surface area contributed by atoms with Gasteiger partial charge in [-0.1, -0.05) is 18.8 Å². The van der Waals surface area contributed by atoms with Crippen LogP contribution in [0.2, 0.25) is 0 Å². The third-order valence-electron chi connectivity index (χ3n) is 3.25. The second-order valence-corrected chi connectivity index (χ2v) is 5.86. The zero-order valence-electron chi connectivity index (χ0n) is 10.7. The summed E-state index contributed by atoms with van der Waals surface area (Å²) in [5.41, 5.74) is 6.39. The van der Waals surface area contributed by atoms with Gasteiger partial charge < -0.3 is 11.1 Å². The Labute approximate surface area is 112 Å². The van der Waals surface area contributed by atoms with E-state index in [-0.39, 0.29) is 5.91 Å². The summed E-state index contributed by atoms with van der Waals surface area (Å²) >= 11 is 1.44. The van der Waals surface area contributed by atoms with Gasteiger partial charge in [0.2, 0.25) is 0 Å². The van der Waals surface area contributed by atoms with Crippen molar-refractivity contribution in [2.75, 3.05) is 13.1 Å². The molecular formula is C14H18N2OS. The number of aryl methyl sites for hydroxylation is 1. The molecule has 1 aromatic rings. The first-order valence-electron chi connectivity index (χ1n) is 6.19. The maximum absolute atomic E-state index is 11.9. The Hall–Kier alpha value is -1.31. The summed E-state index contributed by atoms with van der Waals surface area (Å²) in [6.45, 7) is 5.32. The van der Waals surface area contributed by atoms with Gasteiger partial charge in [-0.3, -0.25) is 4.79 Å². The smallest absolute Gasteiger partial charge is 0.261 e. The fraction of sp³-hybridized carbons (Fsp3) is 0.500. The molecule has 1 aliphatic rings. The number of amides is 1. The number of carbonyl (C=O) groups excluding carboxylic acids is 1. The summed E-state index contributed by atoms with van der Waals surface area (Å²) in [5.74, 6) is 7.27. The number of rotatable bonds is 3. The lowest BCUT2D eigenvalue weighted by Crippen LogP contribution is -2.25. The molecule has 1 fully saturated rings. The van der Waals surface area contributed by atoms with Crippen LogP contribution in [0, 0.1) is 30.6 Å². The van der Waals surface area contributed by atoms with Gasteiger partial charge in [0.05, 0.1) is 16.3 Å². The van der Waals surface area contributed by atoms with Gasteiger partial charge in [0.15, 0.2) is 0 Å². The van der Waals surface area contributed by atoms with E-state index >= 15 is 0 Å². The van der Waals surface area contributed by atoms with Crippen molar-refractivity contribution in [1.82, 2.24) is 5.32 Å². The number of nitrogens with one attached hydrogen (secondary N) is 1. The van der Waals surface area contributed by atoms with Crippen molar-refractivity contribution in [1.29, 1.82) is 0 Å². The van der Waals surface area contributed by atoms with E-state index in [1.165, 1.54) is 17.8 Å². The van der Waals surface area contributed by atoms with Crippen LogP contribution in [0.3, 0.4) is 0 Å². The Morgan fingerprint density at radius 2 is 2.39 bits per heavy atom. The predicted octanol–water partition coefficient (Wildman–Crippen LogP) is 1.75. The molecule has 0 saturated heterocycles. The van der Waals surface area contributed by atoms with E-state index in [0.717, 1.165) is 27.8 Å². The summed E-state index contributed by atoms with van der Waals surface area (Å²) in [6.07, 6.45) is 1.23. The topological polar surface area (TPSA) is 55.1 Å². The number of hydrogen-bond donors (Lipinski definition) is 2. The monoisotopic (exact) mass is 262 g/mol. The predicted molar refractivity (Wildman–Crippen MR) is 74.6 cm³/mol. The van der Waals surface area contributed by atoms with Gasteiger partial charge >= 0.3 is 0 Å². The minimum absolute atomic E-state index is 0.0167. The Morgan fingerprint density at radius 1 is 1.67 bits per heavy atom. The minimum Gasteiger partial charge on any atom is -0.351 e. The number of nitrogens with two attached hydrogens (primary N) is 1. The minimum atomic E-state index is 0.0167. The summed E-state index contributed by atoms with van der Waals surface area (Å²) in [7, 11) is 0. The molecule has 0 aliphatic heterocycles. The van der Waals surface area contributed by atoms with Gasteiger partial charge in [-0.05, 0) is 36.8 Å². The van der Waals surface area contributed by atoms with Gasteiger partial charge in [0.25, 0.3) is 5.91 Å². The maximum atomic E-state index is 11.9. The van der Waals surface area contributed by atoms with Gasteiger partial charge in [-0.2, -0.15) is 0 Å². The van der Waals surface area contributed by atoms with Gasteiger partial charge in [0, 0.05) is 6.54 Å². The Balaban J connectivity index is 1.97. The van der Waals surface area contributed by atoms with E-state index in [4.69, 9.17) is 5.73 Å². The van der Waals surface area contributed by atoms with Gasteiger partial charge in [0.1, 0.15) is 0 Å². The molecule has 3 N–H and O–H groups in total. The van der Waals surface area contributed by atoms with Crippen LogP contribution >= 0.6 is 11.3 Å². The van der Waals surface area contributed by atoms with Crippen molar-refractivity contribution < 1.29 is 4.79 Å². The Kier molecular flexibility index (Phi) is 4.05. The highest BCUT2D eigenvalue weighted by Crippen LogP contribution is 2.36. The largest absolute Gasteiger partial charge is 0.351 e. The molecule has 4 heteroatoms. The average Bonchev–Trinajstić information content (AvgIpc) is 2.92. The number of hydrogen-bond acceptors (Lipinski definition) is 3. The molecule has 1 aliphatic carbocycles. The normalized spacial score (nSPS) is 21.1. The molecule has 2 rings (SSSR count). The lowest BCUT2D eigenvalue weighted by atomic mass is 10.2. The summed E-state index contributed by atoms with van der Waals surface area (Å²) in [6, 6.07) is 1.90. The van der Waals surface area contributed by atoms with E-state index < -0.39 is 0 Å². The third-order valence-corrected chi connectivity index (χ3v) is 4.40. The Bertz CT molecular complexity index is 510. The molecule has 2 unspecified atom stereocenters. The van der Waals surface area contributed by atoms with Crippen molar-refractivity contribution in [3.8, 4) is 11.8 Å². The fourth-order valence-electron chi connectivity index (χ4n) is 1.84. The fourth-order valence-corrected chi connectivity index (χ4v) is 2.81. The molecule has 96 valence electrons. The Morgan fingerprint density at radius 3 is 3.00 bits per heavy atom. The van der Waals surface area contributed by atoms with Crippen LogP contribution in [0.25, 0.3) is 0 Å². The summed E-state index contributed by atoms with van der Waals surface area (Å²) in [4.78, 5) is 13.6. The average molecular weight is 262 g/mol. The van der Waals surface area contributed by atoms with E-state index in [2.05, 4.69) is 24.1 Å². The second kappa shape index (κ2) is 5.55. The molecule has 0 bridgehead atoms. The number of thiophene rings is 1. The van der Waals surface area contributed by atoms with E-state index in [1.807, 2.05) is 13.0 Å². The van der Waals surface area contributed by atoms with E-state index in [9.17, 15) is 4.79 Å². The molecule has 1 amide bonds. The zero-order chi connectivity index (χ0) is 13.1. The van der Waals surface area contributed by atoms with Crippen LogP contribution in [0.1, 0.15) is 33.5 Å². The first-order valence-corrected chi connectivity index (χ1v) is 7.01. The lowest BCUT2D eigenvalue weighted by molar-refractivity contribution is 0.0955. The molecule has 1 heterocycles. The SMILES string of the molecule is Cc1cc(C(=O)NCC2CC2C)sc1C#CCN. The molecule has 1 aromatic heterocycles. The maximum Gasteiger partial charge on any atom is 0.261 e. The molecule has 18 heavy (non-hydrogen) atoms. The lowest BCUT2D eigenvalue weighted by Gasteiger charge is -2.01. The zero-order valence-corrected chi connectivity index (χ0v) is 11.6. The molecular weight excluding hydrogens is 244 g/mol. The highest BCUT2D eigenvalue weighted by molar-refractivity contribution is 7.14. The third kappa shape index (κ3) is 3.12. The molecule has 2 atom stereocenters. The van der Waals surface area contributed by atoms with Gasteiger partial charge in [-0.15, -0.1) is 11.3 Å². The van der Waals surface area contributed by atoms with Crippen molar-refractivity contribution >= 4 is 17.2 Å². The van der Waals surface area contributed by atoms with Crippen LogP contribution in [-0.4, -0.2) is 19.0 Å². The molecule has 1 saturated carbocycles. The molecule has 0 radical (unpaired) electrons. The molecule has 0 spiro atoms. The van der Waals surface area contributed by atoms with E-state index in [0.29, 0.717) is 12.5 Å². The number of carbonyl (C=O) groups is 1. The van der Waals surface area contributed by atoms with Crippen molar-refractivity contribution in [2.45, 2.75) is 20.3 Å². The summed E-state index contributed by atoms with van der Waals surface area (Å²) in [5, 5.41) is 2.99. The first-order chi connectivity index (χ1) is 8.61. The van der Waals surface area contributed by atoms with Gasteiger partial charge in [-0.25, -0.2) is 0 Å². The summed E-state index contributed by atoms with van der Waals surface area (Å²) < 4.78 is 0. The van der Waals surface area contributed by atoms with Crippen molar-refractivity contribution in [3.05, 3.63) is 21.4 Å². The molecule has 3 nitrogen and oxygen atoms in total. The quantitative estimate of drug-likeness (QED) is 0.815.